The van der Waals surface area contributed by atoms with Crippen LogP contribution in [0.3, 0.4) is 0 Å². The summed E-state index contributed by atoms with van der Waals surface area (Å²) in [5.41, 5.74) is 3.17. The molecule has 0 radical (unpaired) electrons. The molecule has 1 aromatic heterocycles. The van der Waals surface area contributed by atoms with Gasteiger partial charge in [0, 0.05) is 29.4 Å². The molecule has 0 saturated carbocycles. The average molecular weight is 315 g/mol. The van der Waals surface area contributed by atoms with Gasteiger partial charge >= 0.3 is 0 Å². The van der Waals surface area contributed by atoms with Gasteiger partial charge in [-0.1, -0.05) is 25.1 Å². The maximum Gasteiger partial charge on any atom is 0.120 e. The van der Waals surface area contributed by atoms with Crippen LogP contribution >= 0.6 is 0 Å². The molecule has 0 amide bonds. The number of benzene rings is 1. The van der Waals surface area contributed by atoms with E-state index < -0.39 is 0 Å². The minimum atomic E-state index is -0.0232. The number of aromatic nitrogens is 2. The molecule has 0 aliphatic rings. The third-order valence-electron chi connectivity index (χ3n) is 4.26. The first kappa shape index (κ1) is 17.5. The van der Waals surface area contributed by atoms with E-state index in [4.69, 9.17) is 0 Å². The number of para-hydroxylation sites is 1. The molecule has 0 saturated heterocycles. The largest absolute Gasteiger partial charge is 0.508 e. The highest BCUT2D eigenvalue weighted by molar-refractivity contribution is 5.35. The van der Waals surface area contributed by atoms with Crippen molar-refractivity contribution in [1.82, 2.24) is 15.1 Å². The summed E-state index contributed by atoms with van der Waals surface area (Å²) >= 11 is 0. The van der Waals surface area contributed by atoms with Crippen LogP contribution < -0.4 is 5.32 Å². The molecule has 126 valence electrons. The number of nitrogens with one attached hydrogen (secondary N) is 1. The van der Waals surface area contributed by atoms with Gasteiger partial charge in [-0.25, -0.2) is 0 Å². The van der Waals surface area contributed by atoms with Crippen LogP contribution in [-0.4, -0.2) is 14.9 Å². The highest BCUT2D eigenvalue weighted by atomic mass is 16.3. The van der Waals surface area contributed by atoms with E-state index in [0.717, 1.165) is 17.7 Å². The number of nitrogens with zero attached hydrogens (tertiary/aromatic N) is 2. The van der Waals surface area contributed by atoms with Gasteiger partial charge in [-0.3, -0.25) is 4.68 Å². The first-order valence-corrected chi connectivity index (χ1v) is 8.34. The number of phenols is 1. The van der Waals surface area contributed by atoms with E-state index in [1.54, 1.807) is 6.07 Å². The lowest BCUT2D eigenvalue weighted by molar-refractivity contribution is 0.353. The van der Waals surface area contributed by atoms with Crippen LogP contribution in [0, 0.1) is 6.92 Å². The lowest BCUT2D eigenvalue weighted by Gasteiger charge is -2.23. The molecular formula is C19H29N3O. The van der Waals surface area contributed by atoms with Crippen molar-refractivity contribution in [2.45, 2.75) is 65.6 Å². The maximum atomic E-state index is 10.1. The predicted molar refractivity (Wildman–Crippen MR) is 94.6 cm³/mol. The van der Waals surface area contributed by atoms with Gasteiger partial charge in [-0.05, 0) is 47.1 Å². The minimum Gasteiger partial charge on any atom is -0.508 e. The molecule has 2 rings (SSSR count). The second-order valence-corrected chi connectivity index (χ2v) is 7.19. The predicted octanol–water partition coefficient (Wildman–Crippen LogP) is 4.45. The second-order valence-electron chi connectivity index (χ2n) is 7.19. The standard InChI is InChI=1S/C19H29N3O/c1-7-17(15-10-8-9-11-18(15)23)20-13(2)16-12-22(19(4,5)6)21-14(16)3/h8-13,17,20,23H,7H2,1-6H3/t13-,17+/m1/s1. The summed E-state index contributed by atoms with van der Waals surface area (Å²) in [6, 6.07) is 7.82. The highest BCUT2D eigenvalue weighted by Crippen LogP contribution is 2.29. The number of phenolic OH excluding ortho intramolecular Hbond substituents is 1. The molecule has 2 atom stereocenters. The summed E-state index contributed by atoms with van der Waals surface area (Å²) in [4.78, 5) is 0. The summed E-state index contributed by atoms with van der Waals surface area (Å²) in [6.45, 7) is 12.8. The zero-order valence-corrected chi connectivity index (χ0v) is 15.1. The fourth-order valence-corrected chi connectivity index (χ4v) is 2.84. The third-order valence-corrected chi connectivity index (χ3v) is 4.26. The van der Waals surface area contributed by atoms with Gasteiger partial charge in [-0.2, -0.15) is 5.10 Å². The van der Waals surface area contributed by atoms with E-state index >= 15 is 0 Å². The molecule has 23 heavy (non-hydrogen) atoms. The Bertz CT molecular complexity index is 655. The Morgan fingerprint density at radius 3 is 2.39 bits per heavy atom. The number of hydrogen-bond acceptors (Lipinski definition) is 3. The Morgan fingerprint density at radius 2 is 1.87 bits per heavy atom. The molecule has 0 aliphatic heterocycles. The molecular weight excluding hydrogens is 286 g/mol. The van der Waals surface area contributed by atoms with E-state index in [2.05, 4.69) is 58.2 Å². The van der Waals surface area contributed by atoms with E-state index in [1.807, 2.05) is 22.9 Å². The molecule has 0 unspecified atom stereocenters. The fraction of sp³-hybridized carbons (Fsp3) is 0.526. The quantitative estimate of drug-likeness (QED) is 0.857. The van der Waals surface area contributed by atoms with Crippen LogP contribution in [-0.2, 0) is 5.54 Å². The molecule has 2 aromatic rings. The van der Waals surface area contributed by atoms with E-state index in [0.29, 0.717) is 5.75 Å². The number of hydrogen-bond donors (Lipinski definition) is 2. The second kappa shape index (κ2) is 6.75. The first-order valence-electron chi connectivity index (χ1n) is 8.34. The zero-order valence-electron chi connectivity index (χ0n) is 15.1. The van der Waals surface area contributed by atoms with Gasteiger partial charge in [0.05, 0.1) is 11.2 Å². The minimum absolute atomic E-state index is 0.0232. The van der Waals surface area contributed by atoms with Crippen molar-refractivity contribution in [1.29, 1.82) is 0 Å². The summed E-state index contributed by atoms with van der Waals surface area (Å²) < 4.78 is 2.02. The average Bonchev–Trinajstić information content (AvgIpc) is 2.87. The topological polar surface area (TPSA) is 50.1 Å². The van der Waals surface area contributed by atoms with Gasteiger partial charge in [0.2, 0.25) is 0 Å². The van der Waals surface area contributed by atoms with Gasteiger partial charge < -0.3 is 10.4 Å². The lowest BCUT2D eigenvalue weighted by atomic mass is 10.0. The molecule has 1 aromatic carbocycles. The van der Waals surface area contributed by atoms with Crippen molar-refractivity contribution >= 4 is 0 Å². The van der Waals surface area contributed by atoms with Crippen LogP contribution in [0.25, 0.3) is 0 Å². The van der Waals surface area contributed by atoms with Gasteiger partial charge in [-0.15, -0.1) is 0 Å². The Morgan fingerprint density at radius 1 is 1.22 bits per heavy atom. The smallest absolute Gasteiger partial charge is 0.120 e. The van der Waals surface area contributed by atoms with Gasteiger partial charge in [0.25, 0.3) is 0 Å². The number of aromatic hydroxyl groups is 1. The van der Waals surface area contributed by atoms with Crippen LogP contribution in [0.5, 0.6) is 5.75 Å². The van der Waals surface area contributed by atoms with E-state index in [9.17, 15) is 5.11 Å². The Balaban J connectivity index is 2.22. The van der Waals surface area contributed by atoms with Crippen molar-refractivity contribution < 1.29 is 5.11 Å². The number of rotatable bonds is 5. The summed E-state index contributed by atoms with van der Waals surface area (Å²) in [5.74, 6) is 0.348. The van der Waals surface area contributed by atoms with Crippen LogP contribution in [0.15, 0.2) is 30.5 Å². The summed E-state index contributed by atoms with van der Waals surface area (Å²) in [7, 11) is 0. The number of aryl methyl sites for hydroxylation is 1. The molecule has 4 heteroatoms. The molecule has 0 bridgehead atoms. The van der Waals surface area contributed by atoms with Gasteiger partial charge in [0.15, 0.2) is 0 Å². The SMILES string of the molecule is CC[C@H](N[C@H](C)c1cn(C(C)(C)C)nc1C)c1ccccc1O. The molecule has 4 nitrogen and oxygen atoms in total. The Kier molecular flexibility index (Phi) is 5.15. The van der Waals surface area contributed by atoms with Crippen LogP contribution in [0.1, 0.15) is 69.9 Å². The first-order chi connectivity index (χ1) is 10.7. The van der Waals surface area contributed by atoms with Crippen molar-refractivity contribution in [3.05, 3.63) is 47.3 Å². The van der Waals surface area contributed by atoms with Crippen molar-refractivity contribution in [3.8, 4) is 5.75 Å². The molecule has 0 aliphatic carbocycles. The molecule has 2 N–H and O–H groups in total. The Labute approximate surface area is 139 Å². The molecule has 0 fully saturated rings. The maximum absolute atomic E-state index is 10.1. The van der Waals surface area contributed by atoms with E-state index in [-0.39, 0.29) is 17.6 Å². The van der Waals surface area contributed by atoms with Gasteiger partial charge in [0.1, 0.15) is 5.75 Å². The van der Waals surface area contributed by atoms with E-state index in [1.165, 1.54) is 5.56 Å². The normalized spacial score (nSPS) is 14.7. The summed E-state index contributed by atoms with van der Waals surface area (Å²) in [5, 5.41) is 18.4. The third kappa shape index (κ3) is 3.94. The van der Waals surface area contributed by atoms with Crippen molar-refractivity contribution in [3.63, 3.8) is 0 Å². The van der Waals surface area contributed by atoms with Crippen molar-refractivity contribution in [2.24, 2.45) is 0 Å². The van der Waals surface area contributed by atoms with Crippen LogP contribution in [0.2, 0.25) is 0 Å². The summed E-state index contributed by atoms with van der Waals surface area (Å²) in [6.07, 6.45) is 3.04. The monoisotopic (exact) mass is 315 g/mol. The van der Waals surface area contributed by atoms with Crippen LogP contribution in [0.4, 0.5) is 0 Å². The molecule has 1 heterocycles. The lowest BCUT2D eigenvalue weighted by Crippen LogP contribution is -2.25. The fourth-order valence-electron chi connectivity index (χ4n) is 2.84. The zero-order chi connectivity index (χ0) is 17.2. The van der Waals surface area contributed by atoms with Crippen molar-refractivity contribution in [2.75, 3.05) is 0 Å². The Hall–Kier alpha value is -1.81. The molecule has 0 spiro atoms. The highest BCUT2D eigenvalue weighted by Gasteiger charge is 2.22.